The molecule has 116 valence electrons. The number of urea groups is 1. The van der Waals surface area contributed by atoms with Gasteiger partial charge in [-0.1, -0.05) is 0 Å². The van der Waals surface area contributed by atoms with Gasteiger partial charge in [-0.05, 0) is 38.2 Å². The van der Waals surface area contributed by atoms with Gasteiger partial charge < -0.3 is 15.7 Å². The summed E-state index contributed by atoms with van der Waals surface area (Å²) in [5.41, 5.74) is 1.09. The predicted octanol–water partition coefficient (Wildman–Crippen LogP) is 1.13. The van der Waals surface area contributed by atoms with Gasteiger partial charge in [0.15, 0.2) is 0 Å². The molecule has 3 N–H and O–H groups in total. The number of carboxylic acid groups (broad SMARTS) is 1. The maximum atomic E-state index is 11.8. The second-order valence-corrected chi connectivity index (χ2v) is 5.57. The molecule has 21 heavy (non-hydrogen) atoms. The molecule has 1 heterocycles. The fourth-order valence-electron chi connectivity index (χ4n) is 2.59. The Morgan fingerprint density at radius 1 is 1.38 bits per heavy atom. The Morgan fingerprint density at radius 2 is 2.10 bits per heavy atom. The van der Waals surface area contributed by atoms with Crippen molar-refractivity contribution in [1.29, 1.82) is 0 Å². The summed E-state index contributed by atoms with van der Waals surface area (Å²) in [6, 6.07) is -0.120. The van der Waals surface area contributed by atoms with E-state index in [1.165, 1.54) is 0 Å². The van der Waals surface area contributed by atoms with E-state index in [-0.39, 0.29) is 18.0 Å². The second-order valence-electron chi connectivity index (χ2n) is 5.57. The van der Waals surface area contributed by atoms with Crippen LogP contribution in [0.4, 0.5) is 4.79 Å². The quantitative estimate of drug-likeness (QED) is 0.758. The topological polar surface area (TPSA) is 96.3 Å². The first-order valence-electron chi connectivity index (χ1n) is 7.31. The largest absolute Gasteiger partial charge is 0.481 e. The summed E-state index contributed by atoms with van der Waals surface area (Å²) in [6.45, 7) is 3.11. The van der Waals surface area contributed by atoms with Gasteiger partial charge in [-0.3, -0.25) is 9.48 Å². The fraction of sp³-hybridized carbons (Fsp3) is 0.643. The van der Waals surface area contributed by atoms with Crippen LogP contribution in [0.2, 0.25) is 0 Å². The van der Waals surface area contributed by atoms with E-state index in [1.54, 1.807) is 10.9 Å². The molecule has 1 aliphatic carbocycles. The van der Waals surface area contributed by atoms with E-state index in [0.29, 0.717) is 25.9 Å². The summed E-state index contributed by atoms with van der Waals surface area (Å²) in [7, 11) is 0. The Kier molecular flexibility index (Phi) is 5.19. The highest BCUT2D eigenvalue weighted by Crippen LogP contribution is 2.24. The van der Waals surface area contributed by atoms with Crippen molar-refractivity contribution < 1.29 is 14.7 Å². The van der Waals surface area contributed by atoms with E-state index >= 15 is 0 Å². The smallest absolute Gasteiger partial charge is 0.315 e. The van der Waals surface area contributed by atoms with Crippen molar-refractivity contribution in [3.8, 4) is 0 Å². The zero-order valence-electron chi connectivity index (χ0n) is 12.2. The zero-order valence-corrected chi connectivity index (χ0v) is 12.2. The number of carbonyl (C=O) groups is 2. The van der Waals surface area contributed by atoms with E-state index in [0.717, 1.165) is 18.4 Å². The summed E-state index contributed by atoms with van der Waals surface area (Å²) in [6.07, 6.45) is 6.42. The number of carboxylic acids is 1. The first-order valence-corrected chi connectivity index (χ1v) is 7.31. The van der Waals surface area contributed by atoms with Crippen molar-refractivity contribution in [2.45, 2.75) is 45.2 Å². The average molecular weight is 294 g/mol. The number of hydrogen-bond donors (Lipinski definition) is 3. The van der Waals surface area contributed by atoms with Gasteiger partial charge in [0.05, 0.1) is 18.7 Å². The summed E-state index contributed by atoms with van der Waals surface area (Å²) in [4.78, 5) is 22.6. The van der Waals surface area contributed by atoms with Crippen molar-refractivity contribution in [3.63, 3.8) is 0 Å². The Hall–Kier alpha value is -2.05. The molecular weight excluding hydrogens is 272 g/mol. The van der Waals surface area contributed by atoms with Crippen LogP contribution in [0.25, 0.3) is 0 Å². The standard InChI is InChI=1S/C14H22N4O3/c1-10-8-16-18(9-10)7-6-15-14(21)17-12-4-2-11(3-5-12)13(19)20/h8-9,11-12H,2-7H2,1H3,(H,19,20)(H2,15,17,21). The molecule has 1 aromatic heterocycles. The number of rotatable bonds is 5. The van der Waals surface area contributed by atoms with Crippen LogP contribution >= 0.6 is 0 Å². The lowest BCUT2D eigenvalue weighted by molar-refractivity contribution is -0.142. The number of amides is 2. The minimum atomic E-state index is -0.729. The molecule has 1 aromatic rings. The van der Waals surface area contributed by atoms with Crippen LogP contribution in [0.3, 0.4) is 0 Å². The summed E-state index contributed by atoms with van der Waals surface area (Å²) in [5.74, 6) is -0.985. The van der Waals surface area contributed by atoms with Crippen LogP contribution < -0.4 is 10.6 Å². The highest BCUT2D eigenvalue weighted by molar-refractivity contribution is 5.74. The Morgan fingerprint density at radius 3 is 2.67 bits per heavy atom. The molecule has 0 radical (unpaired) electrons. The predicted molar refractivity (Wildman–Crippen MR) is 76.9 cm³/mol. The number of aryl methyl sites for hydroxylation is 1. The molecule has 1 fully saturated rings. The van der Waals surface area contributed by atoms with Crippen LogP contribution in [-0.2, 0) is 11.3 Å². The Bertz CT molecular complexity index is 492. The van der Waals surface area contributed by atoms with Gasteiger partial charge in [0.25, 0.3) is 0 Å². The second kappa shape index (κ2) is 7.10. The van der Waals surface area contributed by atoms with Gasteiger partial charge >= 0.3 is 12.0 Å². The van der Waals surface area contributed by atoms with Gasteiger partial charge in [0, 0.05) is 18.8 Å². The lowest BCUT2D eigenvalue weighted by atomic mass is 9.86. The maximum Gasteiger partial charge on any atom is 0.315 e. The summed E-state index contributed by atoms with van der Waals surface area (Å²) < 4.78 is 1.79. The molecule has 2 amide bonds. The minimum absolute atomic E-state index is 0.0764. The molecule has 7 nitrogen and oxygen atoms in total. The third-order valence-corrected chi connectivity index (χ3v) is 3.80. The summed E-state index contributed by atoms with van der Waals surface area (Å²) >= 11 is 0. The van der Waals surface area contributed by atoms with Gasteiger partial charge in [-0.2, -0.15) is 5.10 Å². The van der Waals surface area contributed by atoms with E-state index < -0.39 is 5.97 Å². The number of nitrogens with one attached hydrogen (secondary N) is 2. The molecule has 0 bridgehead atoms. The van der Waals surface area contributed by atoms with E-state index in [1.807, 2.05) is 13.1 Å². The number of aromatic nitrogens is 2. The highest BCUT2D eigenvalue weighted by Gasteiger charge is 2.26. The monoisotopic (exact) mass is 294 g/mol. The van der Waals surface area contributed by atoms with E-state index in [4.69, 9.17) is 5.11 Å². The third kappa shape index (κ3) is 4.77. The first-order chi connectivity index (χ1) is 10.0. The van der Waals surface area contributed by atoms with Gasteiger partial charge in [0.1, 0.15) is 0 Å². The van der Waals surface area contributed by atoms with Gasteiger partial charge in [-0.25, -0.2) is 4.79 Å². The lowest BCUT2D eigenvalue weighted by Gasteiger charge is -2.26. The first kappa shape index (κ1) is 15.3. The number of carbonyl (C=O) groups excluding carboxylic acids is 1. The Labute approximate surface area is 123 Å². The lowest BCUT2D eigenvalue weighted by Crippen LogP contribution is -2.44. The molecule has 0 unspecified atom stereocenters. The van der Waals surface area contributed by atoms with Crippen molar-refractivity contribution in [2.24, 2.45) is 5.92 Å². The van der Waals surface area contributed by atoms with Crippen molar-refractivity contribution in [3.05, 3.63) is 18.0 Å². The van der Waals surface area contributed by atoms with Gasteiger partial charge in [-0.15, -0.1) is 0 Å². The summed E-state index contributed by atoms with van der Waals surface area (Å²) in [5, 5.41) is 18.8. The molecule has 0 spiro atoms. The van der Waals surface area contributed by atoms with E-state index in [2.05, 4.69) is 15.7 Å². The minimum Gasteiger partial charge on any atom is -0.481 e. The van der Waals surface area contributed by atoms with Crippen LogP contribution in [0.5, 0.6) is 0 Å². The normalized spacial score (nSPS) is 21.8. The van der Waals surface area contributed by atoms with Crippen molar-refractivity contribution in [2.75, 3.05) is 6.54 Å². The molecule has 0 saturated heterocycles. The van der Waals surface area contributed by atoms with Crippen molar-refractivity contribution in [1.82, 2.24) is 20.4 Å². The molecule has 1 aliphatic rings. The zero-order chi connectivity index (χ0) is 15.2. The SMILES string of the molecule is Cc1cnn(CCNC(=O)NC2CCC(C(=O)O)CC2)c1. The maximum absolute atomic E-state index is 11.8. The third-order valence-electron chi connectivity index (χ3n) is 3.80. The Balaban J connectivity index is 1.62. The van der Waals surface area contributed by atoms with Crippen LogP contribution in [0.15, 0.2) is 12.4 Å². The van der Waals surface area contributed by atoms with E-state index in [9.17, 15) is 9.59 Å². The van der Waals surface area contributed by atoms with Gasteiger partial charge in [0.2, 0.25) is 0 Å². The number of aliphatic carboxylic acids is 1. The molecule has 0 aromatic carbocycles. The average Bonchev–Trinajstić information content (AvgIpc) is 2.85. The fourth-order valence-corrected chi connectivity index (χ4v) is 2.59. The van der Waals surface area contributed by atoms with Crippen LogP contribution in [0, 0.1) is 12.8 Å². The number of nitrogens with zero attached hydrogens (tertiary/aromatic N) is 2. The van der Waals surface area contributed by atoms with Crippen LogP contribution in [0.1, 0.15) is 31.2 Å². The molecular formula is C14H22N4O3. The molecule has 2 rings (SSSR count). The van der Waals surface area contributed by atoms with Crippen molar-refractivity contribution >= 4 is 12.0 Å². The molecule has 0 aliphatic heterocycles. The highest BCUT2D eigenvalue weighted by atomic mass is 16.4. The number of hydrogen-bond acceptors (Lipinski definition) is 3. The molecule has 7 heteroatoms. The van der Waals surface area contributed by atoms with Crippen LogP contribution in [-0.4, -0.2) is 39.5 Å². The molecule has 0 atom stereocenters. The molecule has 1 saturated carbocycles.